The first-order valence-corrected chi connectivity index (χ1v) is 3.90. The molecule has 2 unspecified atom stereocenters. The first-order chi connectivity index (χ1) is 4.00. The van der Waals surface area contributed by atoms with Gasteiger partial charge in [-0.25, -0.2) is 0 Å². The molecule has 0 aromatic heterocycles. The van der Waals surface area contributed by atoms with Crippen molar-refractivity contribution in [3.63, 3.8) is 0 Å². The van der Waals surface area contributed by atoms with Gasteiger partial charge in [-0.05, 0) is 26.2 Å². The van der Waals surface area contributed by atoms with Gasteiger partial charge in [0, 0.05) is 4.87 Å². The van der Waals surface area contributed by atoms with E-state index in [0.717, 1.165) is 12.8 Å². The van der Waals surface area contributed by atoms with E-state index < -0.39 is 0 Å². The van der Waals surface area contributed by atoms with Crippen molar-refractivity contribution in [3.05, 3.63) is 6.92 Å². The molecule has 0 bridgehead atoms. The third-order valence-electron chi connectivity index (χ3n) is 1.77. The lowest BCUT2D eigenvalue weighted by molar-refractivity contribution is 0.459. The fourth-order valence-electron chi connectivity index (χ4n) is 0.735. The molecule has 0 N–H and O–H groups in total. The molecular formula is C8H16Cl. The van der Waals surface area contributed by atoms with Crippen LogP contribution in [0.1, 0.15) is 33.6 Å². The Kier molecular flexibility index (Phi) is 3.57. The average molecular weight is 148 g/mol. The quantitative estimate of drug-likeness (QED) is 0.538. The van der Waals surface area contributed by atoms with Crippen molar-refractivity contribution >= 4 is 11.6 Å². The zero-order valence-electron chi connectivity index (χ0n) is 6.58. The Labute approximate surface area is 63.6 Å². The third kappa shape index (κ3) is 3.10. The van der Waals surface area contributed by atoms with E-state index in [1.807, 2.05) is 0 Å². The van der Waals surface area contributed by atoms with Gasteiger partial charge in [0.25, 0.3) is 0 Å². The van der Waals surface area contributed by atoms with Crippen LogP contribution in [0.2, 0.25) is 0 Å². The fraction of sp³-hybridized carbons (Fsp3) is 0.875. The van der Waals surface area contributed by atoms with Crippen LogP contribution < -0.4 is 0 Å². The SMILES string of the molecule is [CH2]C(C)C(C)(Cl)CCC. The van der Waals surface area contributed by atoms with Gasteiger partial charge in [0.15, 0.2) is 0 Å². The molecule has 55 valence electrons. The van der Waals surface area contributed by atoms with Crippen LogP contribution in [0.25, 0.3) is 0 Å². The Morgan fingerprint density at radius 2 is 2.11 bits per heavy atom. The Hall–Kier alpha value is 0.290. The lowest BCUT2D eigenvalue weighted by Crippen LogP contribution is -2.23. The average Bonchev–Trinajstić information content (AvgIpc) is 1.65. The van der Waals surface area contributed by atoms with E-state index in [-0.39, 0.29) is 4.87 Å². The van der Waals surface area contributed by atoms with Crippen LogP contribution in [0, 0.1) is 12.8 Å². The number of alkyl halides is 1. The summed E-state index contributed by atoms with van der Waals surface area (Å²) in [6.45, 7) is 10.1. The highest BCUT2D eigenvalue weighted by atomic mass is 35.5. The summed E-state index contributed by atoms with van der Waals surface area (Å²) in [4.78, 5) is -0.0885. The van der Waals surface area contributed by atoms with Gasteiger partial charge in [-0.1, -0.05) is 20.3 Å². The van der Waals surface area contributed by atoms with E-state index in [1.54, 1.807) is 0 Å². The molecule has 0 aliphatic heterocycles. The predicted molar refractivity (Wildman–Crippen MR) is 43.7 cm³/mol. The zero-order chi connectivity index (χ0) is 7.49. The molecule has 0 aromatic rings. The summed E-state index contributed by atoms with van der Waals surface area (Å²) >= 11 is 6.11. The molecule has 0 fully saturated rings. The lowest BCUT2D eigenvalue weighted by atomic mass is 9.93. The molecule has 0 aliphatic carbocycles. The summed E-state index contributed by atoms with van der Waals surface area (Å²) in [5.74, 6) is 0.333. The van der Waals surface area contributed by atoms with Crippen LogP contribution >= 0.6 is 11.6 Å². The van der Waals surface area contributed by atoms with Crippen molar-refractivity contribution in [1.29, 1.82) is 0 Å². The van der Waals surface area contributed by atoms with Gasteiger partial charge >= 0.3 is 0 Å². The van der Waals surface area contributed by atoms with Crippen LogP contribution in [-0.4, -0.2) is 4.87 Å². The molecule has 0 spiro atoms. The molecule has 0 heterocycles. The largest absolute Gasteiger partial charge is 0.119 e. The normalized spacial score (nSPS) is 18.0. The Bertz CT molecular complexity index is 74.6. The summed E-state index contributed by atoms with van der Waals surface area (Å²) in [5, 5.41) is 0. The zero-order valence-corrected chi connectivity index (χ0v) is 7.33. The topological polar surface area (TPSA) is 0 Å². The molecule has 0 amide bonds. The van der Waals surface area contributed by atoms with Gasteiger partial charge in [-0.15, -0.1) is 11.6 Å². The van der Waals surface area contributed by atoms with E-state index in [1.165, 1.54) is 0 Å². The maximum Gasteiger partial charge on any atom is 0.0444 e. The second kappa shape index (κ2) is 3.46. The first-order valence-electron chi connectivity index (χ1n) is 3.52. The van der Waals surface area contributed by atoms with Crippen molar-refractivity contribution in [2.24, 2.45) is 5.92 Å². The maximum absolute atomic E-state index is 6.11. The van der Waals surface area contributed by atoms with Crippen LogP contribution in [0.15, 0.2) is 0 Å². The number of halogens is 1. The lowest BCUT2D eigenvalue weighted by Gasteiger charge is -2.25. The molecule has 0 nitrogen and oxygen atoms in total. The van der Waals surface area contributed by atoms with Gasteiger partial charge in [0.1, 0.15) is 0 Å². The number of hydrogen-bond donors (Lipinski definition) is 0. The summed E-state index contributed by atoms with van der Waals surface area (Å²) in [6, 6.07) is 0. The Balaban J connectivity index is 3.70. The molecule has 9 heavy (non-hydrogen) atoms. The summed E-state index contributed by atoms with van der Waals surface area (Å²) in [6.07, 6.45) is 2.19. The molecule has 0 aromatic carbocycles. The minimum Gasteiger partial charge on any atom is -0.119 e. The molecule has 2 atom stereocenters. The van der Waals surface area contributed by atoms with Crippen molar-refractivity contribution in [3.8, 4) is 0 Å². The van der Waals surface area contributed by atoms with Gasteiger partial charge in [-0.3, -0.25) is 0 Å². The third-order valence-corrected chi connectivity index (χ3v) is 2.33. The van der Waals surface area contributed by atoms with E-state index in [9.17, 15) is 0 Å². The van der Waals surface area contributed by atoms with Crippen LogP contribution in [0.3, 0.4) is 0 Å². The van der Waals surface area contributed by atoms with Crippen LogP contribution in [0.5, 0.6) is 0 Å². The second-order valence-electron chi connectivity index (χ2n) is 2.93. The highest BCUT2D eigenvalue weighted by Gasteiger charge is 2.23. The summed E-state index contributed by atoms with van der Waals surface area (Å²) in [7, 11) is 0. The summed E-state index contributed by atoms with van der Waals surface area (Å²) < 4.78 is 0. The molecule has 0 saturated heterocycles. The van der Waals surface area contributed by atoms with Gasteiger partial charge < -0.3 is 0 Å². The van der Waals surface area contributed by atoms with Crippen molar-refractivity contribution in [2.45, 2.75) is 38.5 Å². The smallest absolute Gasteiger partial charge is 0.0444 e. The maximum atomic E-state index is 6.11. The Morgan fingerprint density at radius 1 is 1.67 bits per heavy atom. The van der Waals surface area contributed by atoms with Gasteiger partial charge in [0.05, 0.1) is 0 Å². The van der Waals surface area contributed by atoms with Crippen LogP contribution in [-0.2, 0) is 0 Å². The van der Waals surface area contributed by atoms with E-state index in [2.05, 4.69) is 27.7 Å². The van der Waals surface area contributed by atoms with E-state index in [4.69, 9.17) is 11.6 Å². The molecule has 0 aliphatic rings. The second-order valence-corrected chi connectivity index (χ2v) is 3.79. The predicted octanol–water partition coefficient (Wildman–Crippen LogP) is 3.25. The highest BCUT2D eigenvalue weighted by Crippen LogP contribution is 2.28. The number of hydrogen-bond acceptors (Lipinski definition) is 0. The van der Waals surface area contributed by atoms with Crippen LogP contribution in [0.4, 0.5) is 0 Å². The monoisotopic (exact) mass is 147 g/mol. The molecule has 0 saturated carbocycles. The minimum atomic E-state index is -0.0885. The molecule has 0 rings (SSSR count). The van der Waals surface area contributed by atoms with Crippen molar-refractivity contribution in [2.75, 3.05) is 0 Å². The van der Waals surface area contributed by atoms with Crippen molar-refractivity contribution < 1.29 is 0 Å². The Morgan fingerprint density at radius 3 is 2.22 bits per heavy atom. The highest BCUT2D eigenvalue weighted by molar-refractivity contribution is 6.23. The molecule has 1 radical (unpaired) electrons. The molecule has 1 heteroatoms. The van der Waals surface area contributed by atoms with E-state index >= 15 is 0 Å². The fourth-order valence-corrected chi connectivity index (χ4v) is 0.924. The number of rotatable bonds is 3. The standard InChI is InChI=1S/C8H16Cl/c1-5-6-8(4,9)7(2)3/h7H,2,5-6H2,1,3-4H3. The van der Waals surface area contributed by atoms with E-state index in [0.29, 0.717) is 5.92 Å². The minimum absolute atomic E-state index is 0.0885. The van der Waals surface area contributed by atoms with Crippen molar-refractivity contribution in [1.82, 2.24) is 0 Å². The molecular weight excluding hydrogens is 132 g/mol. The first kappa shape index (κ1) is 9.29. The summed E-state index contributed by atoms with van der Waals surface area (Å²) in [5.41, 5.74) is 0. The van der Waals surface area contributed by atoms with Gasteiger partial charge in [-0.2, -0.15) is 0 Å². The van der Waals surface area contributed by atoms with Gasteiger partial charge in [0.2, 0.25) is 0 Å².